The summed E-state index contributed by atoms with van der Waals surface area (Å²) in [6.07, 6.45) is 2.28. The van der Waals surface area contributed by atoms with Crippen molar-refractivity contribution in [1.82, 2.24) is 0 Å². The third-order valence-electron chi connectivity index (χ3n) is 3.48. The van der Waals surface area contributed by atoms with Gasteiger partial charge in [0.15, 0.2) is 0 Å². The maximum Gasteiger partial charge on any atom is 0.0459 e. The Morgan fingerprint density at radius 1 is 1.35 bits per heavy atom. The molecule has 1 N–H and O–H groups in total. The summed E-state index contributed by atoms with van der Waals surface area (Å²) in [6, 6.07) is 8.72. The summed E-state index contributed by atoms with van der Waals surface area (Å²) in [5.74, 6) is 2.98. The van der Waals surface area contributed by atoms with Crippen molar-refractivity contribution >= 4 is 11.8 Å². The maximum atomic E-state index is 9.48. The first-order chi connectivity index (χ1) is 8.20. The van der Waals surface area contributed by atoms with E-state index in [-0.39, 0.29) is 0 Å². The van der Waals surface area contributed by atoms with Crippen LogP contribution in [-0.4, -0.2) is 17.5 Å². The van der Waals surface area contributed by atoms with Crippen LogP contribution in [0.1, 0.15) is 38.2 Å². The molecule has 0 radical (unpaired) electrons. The van der Waals surface area contributed by atoms with Gasteiger partial charge in [-0.25, -0.2) is 0 Å². The summed E-state index contributed by atoms with van der Waals surface area (Å²) >= 11 is 1.97. The molecule has 0 aromatic heterocycles. The third-order valence-corrected chi connectivity index (χ3v) is 4.73. The van der Waals surface area contributed by atoms with Gasteiger partial charge in [-0.3, -0.25) is 0 Å². The van der Waals surface area contributed by atoms with E-state index >= 15 is 0 Å². The molecular formula is C15H22OS. The number of rotatable bonds is 5. The molecule has 0 amide bonds. The zero-order valence-corrected chi connectivity index (χ0v) is 11.5. The number of aliphatic hydroxyl groups is 1. The standard InChI is InChI=1S/C15H22OS/c1-11(2)7-12(9-16)8-13-10-17-15-6-4-3-5-14(13)15/h3-6,11-13,16H,7-10H2,1-2H3. The van der Waals surface area contributed by atoms with Crippen LogP contribution in [0, 0.1) is 11.8 Å². The zero-order chi connectivity index (χ0) is 12.3. The number of hydrogen-bond donors (Lipinski definition) is 1. The largest absolute Gasteiger partial charge is 0.396 e. The fraction of sp³-hybridized carbons (Fsp3) is 0.600. The van der Waals surface area contributed by atoms with Gasteiger partial charge in [-0.2, -0.15) is 0 Å². The highest BCUT2D eigenvalue weighted by atomic mass is 32.2. The quantitative estimate of drug-likeness (QED) is 0.854. The fourth-order valence-corrected chi connectivity index (χ4v) is 4.01. The highest BCUT2D eigenvalue weighted by molar-refractivity contribution is 7.99. The summed E-state index contributed by atoms with van der Waals surface area (Å²) in [5, 5.41) is 9.48. The van der Waals surface area contributed by atoms with E-state index in [1.54, 1.807) is 0 Å². The molecular weight excluding hydrogens is 228 g/mol. The van der Waals surface area contributed by atoms with Gasteiger partial charge >= 0.3 is 0 Å². The average Bonchev–Trinajstić information content (AvgIpc) is 2.71. The molecule has 0 saturated heterocycles. The van der Waals surface area contributed by atoms with Gasteiger partial charge in [0.2, 0.25) is 0 Å². The normalized spacial score (nSPS) is 20.6. The average molecular weight is 250 g/mol. The van der Waals surface area contributed by atoms with E-state index < -0.39 is 0 Å². The van der Waals surface area contributed by atoms with Gasteiger partial charge < -0.3 is 5.11 Å². The van der Waals surface area contributed by atoms with Crippen molar-refractivity contribution in [3.63, 3.8) is 0 Å². The predicted molar refractivity (Wildman–Crippen MR) is 74.6 cm³/mol. The highest BCUT2D eigenvalue weighted by Gasteiger charge is 2.25. The summed E-state index contributed by atoms with van der Waals surface area (Å²) in [5.41, 5.74) is 1.50. The second-order valence-electron chi connectivity index (χ2n) is 5.46. The molecule has 0 aliphatic carbocycles. The molecule has 1 heterocycles. The third kappa shape index (κ3) is 3.26. The molecule has 0 spiro atoms. The SMILES string of the molecule is CC(C)CC(CO)CC1CSc2ccccc21. The van der Waals surface area contributed by atoms with Crippen LogP contribution in [0.2, 0.25) is 0 Å². The van der Waals surface area contributed by atoms with E-state index in [0.717, 1.165) is 12.8 Å². The molecule has 17 heavy (non-hydrogen) atoms. The Kier molecular flexibility index (Phi) is 4.52. The summed E-state index contributed by atoms with van der Waals surface area (Å²) < 4.78 is 0. The minimum Gasteiger partial charge on any atom is -0.396 e. The lowest BCUT2D eigenvalue weighted by molar-refractivity contribution is 0.192. The molecule has 2 unspecified atom stereocenters. The van der Waals surface area contributed by atoms with Crippen molar-refractivity contribution in [2.45, 2.75) is 37.5 Å². The molecule has 2 rings (SSSR count). The lowest BCUT2D eigenvalue weighted by atomic mass is 9.86. The molecule has 1 nitrogen and oxygen atoms in total. The topological polar surface area (TPSA) is 20.2 Å². The van der Waals surface area contributed by atoms with Crippen molar-refractivity contribution in [3.8, 4) is 0 Å². The minimum atomic E-state index is 0.335. The van der Waals surface area contributed by atoms with Gasteiger partial charge in [-0.05, 0) is 42.2 Å². The Labute approximate surface area is 109 Å². The smallest absolute Gasteiger partial charge is 0.0459 e. The van der Waals surface area contributed by atoms with Crippen molar-refractivity contribution < 1.29 is 5.11 Å². The second-order valence-corrected chi connectivity index (χ2v) is 6.52. The van der Waals surface area contributed by atoms with E-state index in [2.05, 4.69) is 38.1 Å². The van der Waals surface area contributed by atoms with Gasteiger partial charge in [0, 0.05) is 17.3 Å². The van der Waals surface area contributed by atoms with Gasteiger partial charge in [0.25, 0.3) is 0 Å². The van der Waals surface area contributed by atoms with E-state index in [4.69, 9.17) is 0 Å². The van der Waals surface area contributed by atoms with Crippen molar-refractivity contribution in [2.75, 3.05) is 12.4 Å². The Hall–Kier alpha value is -0.470. The number of aliphatic hydroxyl groups excluding tert-OH is 1. The maximum absolute atomic E-state index is 9.48. The van der Waals surface area contributed by atoms with Crippen LogP contribution in [0.25, 0.3) is 0 Å². The van der Waals surface area contributed by atoms with Crippen LogP contribution in [0.15, 0.2) is 29.2 Å². The van der Waals surface area contributed by atoms with E-state index in [9.17, 15) is 5.11 Å². The first kappa shape index (κ1) is 13.0. The molecule has 1 aromatic carbocycles. The molecule has 2 heteroatoms. The number of hydrogen-bond acceptors (Lipinski definition) is 2. The Balaban J connectivity index is 2.00. The highest BCUT2D eigenvalue weighted by Crippen LogP contribution is 2.42. The van der Waals surface area contributed by atoms with E-state index in [1.807, 2.05) is 11.8 Å². The molecule has 1 aromatic rings. The molecule has 1 aliphatic heterocycles. The molecule has 1 aliphatic rings. The summed E-state index contributed by atoms with van der Waals surface area (Å²) in [4.78, 5) is 1.44. The van der Waals surface area contributed by atoms with E-state index in [0.29, 0.717) is 24.4 Å². The van der Waals surface area contributed by atoms with Crippen molar-refractivity contribution in [3.05, 3.63) is 29.8 Å². The first-order valence-corrected chi connectivity index (χ1v) is 7.51. The molecule has 0 saturated carbocycles. The van der Waals surface area contributed by atoms with Crippen molar-refractivity contribution in [1.29, 1.82) is 0 Å². The number of benzene rings is 1. The Morgan fingerprint density at radius 3 is 2.82 bits per heavy atom. The van der Waals surface area contributed by atoms with Crippen molar-refractivity contribution in [2.24, 2.45) is 11.8 Å². The van der Waals surface area contributed by atoms with Crippen LogP contribution in [-0.2, 0) is 0 Å². The van der Waals surface area contributed by atoms with Gasteiger partial charge in [-0.1, -0.05) is 32.0 Å². The molecule has 2 atom stereocenters. The molecule has 94 valence electrons. The Morgan fingerprint density at radius 2 is 2.12 bits per heavy atom. The lowest BCUT2D eigenvalue weighted by Gasteiger charge is -2.20. The van der Waals surface area contributed by atoms with Gasteiger partial charge in [0.05, 0.1) is 0 Å². The van der Waals surface area contributed by atoms with Crippen LogP contribution >= 0.6 is 11.8 Å². The summed E-state index contributed by atoms with van der Waals surface area (Å²) in [7, 11) is 0. The molecule has 0 fully saturated rings. The monoisotopic (exact) mass is 250 g/mol. The second kappa shape index (κ2) is 5.92. The minimum absolute atomic E-state index is 0.335. The Bertz CT molecular complexity index is 362. The zero-order valence-electron chi connectivity index (χ0n) is 10.7. The number of thioether (sulfide) groups is 1. The van der Waals surface area contributed by atoms with Gasteiger partial charge in [-0.15, -0.1) is 11.8 Å². The van der Waals surface area contributed by atoms with Gasteiger partial charge in [0.1, 0.15) is 0 Å². The van der Waals surface area contributed by atoms with E-state index in [1.165, 1.54) is 16.2 Å². The molecule has 0 bridgehead atoms. The van der Waals surface area contributed by atoms with Crippen LogP contribution in [0.4, 0.5) is 0 Å². The van der Waals surface area contributed by atoms with Crippen LogP contribution < -0.4 is 0 Å². The van der Waals surface area contributed by atoms with Crippen LogP contribution in [0.5, 0.6) is 0 Å². The lowest BCUT2D eigenvalue weighted by Crippen LogP contribution is -2.14. The first-order valence-electron chi connectivity index (χ1n) is 6.53. The fourth-order valence-electron chi connectivity index (χ4n) is 2.74. The number of fused-ring (bicyclic) bond motifs is 1. The van der Waals surface area contributed by atoms with Crippen LogP contribution in [0.3, 0.4) is 0 Å². The predicted octanol–water partition coefficient (Wildman–Crippen LogP) is 3.92. The summed E-state index contributed by atoms with van der Waals surface area (Å²) in [6.45, 7) is 4.81.